The van der Waals surface area contributed by atoms with Crippen molar-refractivity contribution in [3.05, 3.63) is 59.8 Å². The van der Waals surface area contributed by atoms with Crippen LogP contribution in [-0.4, -0.2) is 88.1 Å². The number of hydrogen-bond acceptors (Lipinski definition) is 9. The third-order valence-electron chi connectivity index (χ3n) is 11.9. The molecule has 5 aliphatic heterocycles. The maximum Gasteiger partial charge on any atom is 0.319 e. The minimum atomic E-state index is -0.720. The number of pyridine rings is 1. The van der Waals surface area contributed by atoms with E-state index in [0.717, 1.165) is 71.2 Å². The summed E-state index contributed by atoms with van der Waals surface area (Å²) >= 11 is 0. The van der Waals surface area contributed by atoms with Gasteiger partial charge in [0.15, 0.2) is 5.82 Å². The number of hydrogen-bond donors (Lipinski definition) is 2. The number of benzene rings is 2. The third-order valence-corrected chi connectivity index (χ3v) is 11.9. The number of fused-ring (bicyclic) bond motifs is 5. The van der Waals surface area contributed by atoms with Crippen LogP contribution in [0.2, 0.25) is 0 Å². The monoisotopic (exact) mass is 678 g/mol. The molecule has 11 heteroatoms. The SMILES string of the molecule is C#Cc1c(F)ccc2cc(O)cc(-c3ncc4c(N5C[C@@H]6CC[C@](C7CCOCC7)(C5)N6)nc(OC[C@@]56CCCN5CC(=C)C6)nc4c3F)c12. The van der Waals surface area contributed by atoms with Crippen molar-refractivity contribution in [3.8, 4) is 35.4 Å². The number of aromatic hydroxyl groups is 1. The summed E-state index contributed by atoms with van der Waals surface area (Å²) in [6.07, 6.45) is 14.3. The van der Waals surface area contributed by atoms with Crippen molar-refractivity contribution < 1.29 is 23.4 Å². The molecule has 3 atom stereocenters. The van der Waals surface area contributed by atoms with Gasteiger partial charge in [0.1, 0.15) is 35.2 Å². The number of rotatable bonds is 6. The predicted octanol–water partition coefficient (Wildman–Crippen LogP) is 5.72. The standard InChI is InChI=1S/C39H40F2N6O3/c1-3-28-31(40)6-5-24-15-27(48)16-29(32(24)28)34-33(41)35-30(18-42-34)36(44-37(43-35)50-22-38-10-4-12-47(38)19-23(2)17-38)46-20-26-7-11-39(21-46,45-26)25-8-13-49-14-9-25/h1,5-6,15-16,18,25-26,45,48H,2,4,7-14,17,19-22H2/t26-,38-,39+/m0/s1. The highest BCUT2D eigenvalue weighted by Gasteiger charge is 2.50. The zero-order valence-corrected chi connectivity index (χ0v) is 28.0. The van der Waals surface area contributed by atoms with Crippen LogP contribution in [0.5, 0.6) is 11.8 Å². The molecule has 5 aliphatic rings. The van der Waals surface area contributed by atoms with Crippen LogP contribution in [0.4, 0.5) is 14.6 Å². The van der Waals surface area contributed by atoms with E-state index in [2.05, 4.69) is 32.6 Å². The first kappa shape index (κ1) is 31.6. The first-order valence-electron chi connectivity index (χ1n) is 17.7. The molecule has 0 unspecified atom stereocenters. The highest BCUT2D eigenvalue weighted by molar-refractivity contribution is 6.03. The van der Waals surface area contributed by atoms with E-state index in [1.807, 2.05) is 0 Å². The second kappa shape index (κ2) is 11.9. The van der Waals surface area contributed by atoms with E-state index in [0.29, 0.717) is 47.6 Å². The molecule has 5 saturated heterocycles. The van der Waals surface area contributed by atoms with E-state index in [1.54, 1.807) is 6.20 Å². The largest absolute Gasteiger partial charge is 0.508 e. The van der Waals surface area contributed by atoms with E-state index in [1.165, 1.54) is 29.8 Å². The van der Waals surface area contributed by atoms with Gasteiger partial charge < -0.3 is 24.8 Å². The molecule has 0 aliphatic carbocycles. The average molecular weight is 679 g/mol. The molecule has 9 rings (SSSR count). The topological polar surface area (TPSA) is 95.9 Å². The van der Waals surface area contributed by atoms with Gasteiger partial charge in [0.25, 0.3) is 0 Å². The van der Waals surface area contributed by atoms with Crippen molar-refractivity contribution in [1.29, 1.82) is 0 Å². The van der Waals surface area contributed by atoms with E-state index < -0.39 is 11.6 Å². The molecule has 2 aromatic heterocycles. The van der Waals surface area contributed by atoms with Crippen LogP contribution in [0.1, 0.15) is 50.5 Å². The van der Waals surface area contributed by atoms with E-state index in [-0.39, 0.29) is 51.2 Å². The van der Waals surface area contributed by atoms with Crippen molar-refractivity contribution in [2.75, 3.05) is 50.9 Å². The lowest BCUT2D eigenvalue weighted by Crippen LogP contribution is -2.63. The Morgan fingerprint density at radius 3 is 2.86 bits per heavy atom. The molecule has 0 saturated carbocycles. The molecule has 0 radical (unpaired) electrons. The van der Waals surface area contributed by atoms with Crippen molar-refractivity contribution >= 4 is 27.5 Å². The van der Waals surface area contributed by atoms with Gasteiger partial charge in [-0.15, -0.1) is 6.42 Å². The molecule has 4 aromatic rings. The van der Waals surface area contributed by atoms with Crippen molar-refractivity contribution in [3.63, 3.8) is 0 Å². The molecule has 2 N–H and O–H groups in total. The number of terminal acetylenes is 1. The molecule has 0 amide bonds. The van der Waals surface area contributed by atoms with Crippen molar-refractivity contribution in [2.24, 2.45) is 5.92 Å². The van der Waals surface area contributed by atoms with E-state index >= 15 is 4.39 Å². The lowest BCUT2D eigenvalue weighted by molar-refractivity contribution is 0.0308. The number of halogens is 2. The highest BCUT2D eigenvalue weighted by atomic mass is 19.1. The summed E-state index contributed by atoms with van der Waals surface area (Å²) in [5.41, 5.74) is 1.02. The molecule has 2 bridgehead atoms. The fourth-order valence-electron chi connectivity index (χ4n) is 9.69. The quantitative estimate of drug-likeness (QED) is 0.196. The molecule has 50 heavy (non-hydrogen) atoms. The van der Waals surface area contributed by atoms with Gasteiger partial charge in [0, 0.05) is 61.6 Å². The summed E-state index contributed by atoms with van der Waals surface area (Å²) in [6.45, 7) is 9.40. The Bertz CT molecular complexity index is 2100. The zero-order chi connectivity index (χ0) is 34.2. The second-order valence-corrected chi connectivity index (χ2v) is 14.9. The van der Waals surface area contributed by atoms with E-state index in [9.17, 15) is 9.50 Å². The second-order valence-electron chi connectivity index (χ2n) is 14.9. The molecule has 2 aromatic carbocycles. The van der Waals surface area contributed by atoms with Gasteiger partial charge in [-0.2, -0.15) is 9.97 Å². The molecule has 7 heterocycles. The Hall–Kier alpha value is -4.37. The van der Waals surface area contributed by atoms with Crippen LogP contribution >= 0.6 is 0 Å². The number of nitrogens with zero attached hydrogens (tertiary/aromatic N) is 5. The van der Waals surface area contributed by atoms with Crippen molar-refractivity contribution in [2.45, 2.75) is 62.1 Å². The smallest absolute Gasteiger partial charge is 0.319 e. The summed E-state index contributed by atoms with van der Waals surface area (Å²) in [7, 11) is 0. The van der Waals surface area contributed by atoms with Crippen LogP contribution in [0.25, 0.3) is 32.9 Å². The van der Waals surface area contributed by atoms with Gasteiger partial charge in [-0.05, 0) is 81.0 Å². The van der Waals surface area contributed by atoms with Gasteiger partial charge in [-0.25, -0.2) is 8.78 Å². The Labute approximate surface area is 289 Å². The zero-order valence-electron chi connectivity index (χ0n) is 28.0. The van der Waals surface area contributed by atoms with Crippen LogP contribution in [0.3, 0.4) is 0 Å². The lowest BCUT2D eigenvalue weighted by Gasteiger charge is -2.47. The molecule has 9 nitrogen and oxygen atoms in total. The third kappa shape index (κ3) is 5.02. The summed E-state index contributed by atoms with van der Waals surface area (Å²) in [6, 6.07) is 5.96. The Morgan fingerprint density at radius 1 is 1.16 bits per heavy atom. The molecular formula is C39H40F2N6O3. The number of phenolic OH excluding ortho intramolecular Hbond substituents is 1. The number of nitrogens with one attached hydrogen (secondary N) is 1. The number of phenols is 1. The fraction of sp³-hybridized carbons (Fsp3) is 0.462. The van der Waals surface area contributed by atoms with Crippen LogP contribution in [0.15, 0.2) is 42.6 Å². The molecular weight excluding hydrogens is 638 g/mol. The maximum absolute atomic E-state index is 17.1. The normalized spacial score (nSPS) is 26.9. The summed E-state index contributed by atoms with van der Waals surface area (Å²) in [5, 5.41) is 15.8. The summed E-state index contributed by atoms with van der Waals surface area (Å²) < 4.78 is 44.3. The minimum absolute atomic E-state index is 0.0283. The molecule has 0 spiro atoms. The Balaban J connectivity index is 1.18. The minimum Gasteiger partial charge on any atom is -0.508 e. The Kier molecular flexibility index (Phi) is 7.50. The van der Waals surface area contributed by atoms with E-state index in [4.69, 9.17) is 25.9 Å². The van der Waals surface area contributed by atoms with Crippen molar-refractivity contribution in [1.82, 2.24) is 25.2 Å². The number of anilines is 1. The molecule has 258 valence electrons. The fourth-order valence-corrected chi connectivity index (χ4v) is 9.69. The summed E-state index contributed by atoms with van der Waals surface area (Å²) in [4.78, 5) is 19.0. The average Bonchev–Trinajstić information content (AvgIpc) is 3.76. The summed E-state index contributed by atoms with van der Waals surface area (Å²) in [5.74, 6) is 2.00. The van der Waals surface area contributed by atoms with Crippen LogP contribution < -0.4 is 15.0 Å². The van der Waals surface area contributed by atoms with Gasteiger partial charge in [-0.1, -0.05) is 24.1 Å². The van der Waals surface area contributed by atoms with Gasteiger partial charge in [0.05, 0.1) is 16.5 Å². The maximum atomic E-state index is 17.1. The highest BCUT2D eigenvalue weighted by Crippen LogP contribution is 2.45. The number of aromatic nitrogens is 3. The number of piperazine rings is 1. The first-order valence-corrected chi connectivity index (χ1v) is 17.7. The Morgan fingerprint density at radius 2 is 2.02 bits per heavy atom. The van der Waals surface area contributed by atoms with Gasteiger partial charge in [-0.3, -0.25) is 9.88 Å². The molecule has 5 fully saturated rings. The first-order chi connectivity index (χ1) is 24.3. The van der Waals surface area contributed by atoms with Crippen LogP contribution in [-0.2, 0) is 4.74 Å². The predicted molar refractivity (Wildman–Crippen MR) is 187 cm³/mol. The number of ether oxygens (including phenoxy) is 2. The van der Waals surface area contributed by atoms with Gasteiger partial charge in [0.2, 0.25) is 0 Å². The lowest BCUT2D eigenvalue weighted by atomic mass is 9.77. The van der Waals surface area contributed by atoms with Gasteiger partial charge >= 0.3 is 6.01 Å². The van der Waals surface area contributed by atoms with Crippen LogP contribution in [0, 0.1) is 29.9 Å².